The van der Waals surface area contributed by atoms with Gasteiger partial charge in [0.15, 0.2) is 0 Å². The molecule has 2 heterocycles. The van der Waals surface area contributed by atoms with Crippen LogP contribution in [0.25, 0.3) is 0 Å². The number of rotatable bonds is 1. The van der Waals surface area contributed by atoms with Crippen LogP contribution in [0.3, 0.4) is 0 Å². The smallest absolute Gasteiger partial charge is 0.410 e. The first-order valence-corrected chi connectivity index (χ1v) is 7.10. The van der Waals surface area contributed by atoms with Crippen molar-refractivity contribution in [2.45, 2.75) is 57.8 Å². The van der Waals surface area contributed by atoms with Crippen LogP contribution in [0.1, 0.15) is 40.5 Å². The van der Waals surface area contributed by atoms with Gasteiger partial charge in [-0.2, -0.15) is 0 Å². The van der Waals surface area contributed by atoms with Gasteiger partial charge in [0.05, 0.1) is 19.1 Å². The largest absolute Gasteiger partial charge is 0.444 e. The third-order valence-corrected chi connectivity index (χ3v) is 3.88. The molecule has 2 saturated heterocycles. The van der Waals surface area contributed by atoms with E-state index in [4.69, 9.17) is 4.74 Å². The molecule has 114 valence electrons. The van der Waals surface area contributed by atoms with E-state index in [-0.39, 0.29) is 18.0 Å². The number of aliphatic hydroxyl groups is 1. The van der Waals surface area contributed by atoms with Gasteiger partial charge in [-0.05, 0) is 33.6 Å². The second-order valence-corrected chi connectivity index (χ2v) is 6.81. The fourth-order valence-corrected chi connectivity index (χ4v) is 2.91. The lowest BCUT2D eigenvalue weighted by atomic mass is 9.84. The molecule has 0 aromatic carbocycles. The van der Waals surface area contributed by atoms with Gasteiger partial charge in [-0.1, -0.05) is 0 Å². The van der Waals surface area contributed by atoms with Gasteiger partial charge in [-0.25, -0.2) is 4.79 Å². The average molecular weight is 284 g/mol. The van der Waals surface area contributed by atoms with Crippen LogP contribution in [-0.4, -0.2) is 63.8 Å². The molecule has 1 atom stereocenters. The molecule has 0 spiro atoms. The van der Waals surface area contributed by atoms with E-state index >= 15 is 0 Å². The summed E-state index contributed by atoms with van der Waals surface area (Å²) in [6, 6.07) is -0.257. The van der Waals surface area contributed by atoms with Crippen LogP contribution in [0.5, 0.6) is 0 Å². The zero-order valence-corrected chi connectivity index (χ0v) is 12.7. The van der Waals surface area contributed by atoms with Crippen LogP contribution < -0.4 is 0 Å². The summed E-state index contributed by atoms with van der Waals surface area (Å²) in [7, 11) is 0. The van der Waals surface area contributed by atoms with E-state index < -0.39 is 11.2 Å². The van der Waals surface area contributed by atoms with Crippen molar-refractivity contribution < 1.29 is 19.4 Å². The van der Waals surface area contributed by atoms with Gasteiger partial charge in [0.1, 0.15) is 11.2 Å². The van der Waals surface area contributed by atoms with Crippen molar-refractivity contribution in [1.82, 2.24) is 9.80 Å². The molecule has 2 aliphatic heterocycles. The molecule has 2 aliphatic rings. The van der Waals surface area contributed by atoms with Crippen molar-refractivity contribution >= 4 is 12.0 Å². The normalized spacial score (nSPS) is 25.4. The Hall–Kier alpha value is -1.30. The predicted molar refractivity (Wildman–Crippen MR) is 73.2 cm³/mol. The Balaban J connectivity index is 2.01. The Bertz CT molecular complexity index is 410. The third-order valence-electron chi connectivity index (χ3n) is 3.88. The molecule has 1 unspecified atom stereocenters. The van der Waals surface area contributed by atoms with Crippen molar-refractivity contribution in [2.75, 3.05) is 19.6 Å². The quantitative estimate of drug-likeness (QED) is 0.779. The van der Waals surface area contributed by atoms with E-state index in [2.05, 4.69) is 0 Å². The molecule has 20 heavy (non-hydrogen) atoms. The van der Waals surface area contributed by atoms with E-state index in [1.165, 1.54) is 6.92 Å². The van der Waals surface area contributed by atoms with Gasteiger partial charge < -0.3 is 19.6 Å². The summed E-state index contributed by atoms with van der Waals surface area (Å²) in [5.41, 5.74) is -1.53. The molecular formula is C14H24N2O4. The van der Waals surface area contributed by atoms with Gasteiger partial charge in [0.2, 0.25) is 5.91 Å². The summed E-state index contributed by atoms with van der Waals surface area (Å²) in [6.07, 6.45) is 1.23. The number of carbonyl (C=O) groups is 2. The molecule has 0 radical (unpaired) electrons. The summed E-state index contributed by atoms with van der Waals surface area (Å²) in [5, 5.41) is 10.6. The molecule has 0 aromatic heterocycles. The number of amides is 2. The van der Waals surface area contributed by atoms with Crippen LogP contribution in [-0.2, 0) is 9.53 Å². The van der Waals surface area contributed by atoms with Crippen molar-refractivity contribution in [3.05, 3.63) is 0 Å². The Labute approximate surface area is 119 Å². The molecule has 6 heteroatoms. The summed E-state index contributed by atoms with van der Waals surface area (Å²) >= 11 is 0. The third kappa shape index (κ3) is 2.90. The van der Waals surface area contributed by atoms with E-state index in [9.17, 15) is 14.7 Å². The molecule has 2 amide bonds. The van der Waals surface area contributed by atoms with E-state index in [0.29, 0.717) is 19.6 Å². The number of hydrogen-bond donors (Lipinski definition) is 1. The standard InChI is InChI=1S/C14H24N2O4/c1-10(17)15-8-14(19,9-15)11-6-5-7-16(11)12(18)20-13(2,3)4/h11,19H,5-9H2,1-4H3. The van der Waals surface area contributed by atoms with Crippen LogP contribution in [0.2, 0.25) is 0 Å². The maximum absolute atomic E-state index is 12.2. The molecule has 6 nitrogen and oxygen atoms in total. The molecule has 2 rings (SSSR count). The number of hydrogen-bond acceptors (Lipinski definition) is 4. The van der Waals surface area contributed by atoms with Crippen LogP contribution in [0.15, 0.2) is 0 Å². The molecule has 0 aliphatic carbocycles. The number of ether oxygens (including phenoxy) is 1. The number of β-amino-alcohol motifs (C(OH)–C–C–N with tert-alkyl or cyclic N) is 1. The van der Waals surface area contributed by atoms with Crippen molar-refractivity contribution in [2.24, 2.45) is 0 Å². The SMILES string of the molecule is CC(=O)N1CC(O)(C2CCCN2C(=O)OC(C)(C)C)C1. The van der Waals surface area contributed by atoms with Gasteiger partial charge in [-0.15, -0.1) is 0 Å². The first-order chi connectivity index (χ1) is 9.12. The topological polar surface area (TPSA) is 70.1 Å². The summed E-state index contributed by atoms with van der Waals surface area (Å²) in [4.78, 5) is 26.6. The van der Waals surface area contributed by atoms with Crippen LogP contribution in [0.4, 0.5) is 4.79 Å². The van der Waals surface area contributed by atoms with Gasteiger partial charge >= 0.3 is 6.09 Å². The minimum absolute atomic E-state index is 0.0449. The minimum atomic E-state index is -0.987. The minimum Gasteiger partial charge on any atom is -0.444 e. The summed E-state index contributed by atoms with van der Waals surface area (Å²) in [6.45, 7) is 8.16. The highest BCUT2D eigenvalue weighted by Crippen LogP contribution is 2.34. The summed E-state index contributed by atoms with van der Waals surface area (Å²) < 4.78 is 5.39. The van der Waals surface area contributed by atoms with Crippen LogP contribution >= 0.6 is 0 Å². The molecule has 0 aromatic rings. The Morgan fingerprint density at radius 3 is 2.40 bits per heavy atom. The highest BCUT2D eigenvalue weighted by Gasteiger charge is 2.53. The highest BCUT2D eigenvalue weighted by molar-refractivity contribution is 5.75. The summed E-state index contributed by atoms with van der Waals surface area (Å²) in [5.74, 6) is -0.0449. The van der Waals surface area contributed by atoms with E-state index in [1.807, 2.05) is 20.8 Å². The predicted octanol–water partition coefficient (Wildman–Crippen LogP) is 0.979. The Kier molecular flexibility index (Phi) is 3.71. The van der Waals surface area contributed by atoms with Gasteiger partial charge in [-0.3, -0.25) is 4.79 Å². The van der Waals surface area contributed by atoms with E-state index in [0.717, 1.165) is 12.8 Å². The number of likely N-dealkylation sites (tertiary alicyclic amines) is 2. The zero-order chi connectivity index (χ0) is 15.1. The van der Waals surface area contributed by atoms with Crippen molar-refractivity contribution in [1.29, 1.82) is 0 Å². The fourth-order valence-electron chi connectivity index (χ4n) is 2.91. The van der Waals surface area contributed by atoms with Crippen molar-refractivity contribution in [3.63, 3.8) is 0 Å². The molecule has 0 saturated carbocycles. The first kappa shape index (κ1) is 15.1. The lowest BCUT2D eigenvalue weighted by Crippen LogP contribution is -2.71. The van der Waals surface area contributed by atoms with Gasteiger partial charge in [0.25, 0.3) is 0 Å². The lowest BCUT2D eigenvalue weighted by Gasteiger charge is -2.51. The van der Waals surface area contributed by atoms with Crippen molar-refractivity contribution in [3.8, 4) is 0 Å². The maximum atomic E-state index is 12.2. The Morgan fingerprint density at radius 1 is 1.30 bits per heavy atom. The van der Waals surface area contributed by atoms with Gasteiger partial charge in [0, 0.05) is 13.5 Å². The molecule has 0 bridgehead atoms. The average Bonchev–Trinajstić information content (AvgIpc) is 2.71. The maximum Gasteiger partial charge on any atom is 0.410 e. The second kappa shape index (κ2) is 4.91. The molecule has 1 N–H and O–H groups in total. The van der Waals surface area contributed by atoms with Crippen LogP contribution in [0, 0.1) is 0 Å². The molecular weight excluding hydrogens is 260 g/mol. The number of nitrogens with zero attached hydrogens (tertiary/aromatic N) is 2. The highest BCUT2D eigenvalue weighted by atomic mass is 16.6. The zero-order valence-electron chi connectivity index (χ0n) is 12.7. The second-order valence-electron chi connectivity index (χ2n) is 6.81. The number of carbonyl (C=O) groups excluding carboxylic acids is 2. The molecule has 2 fully saturated rings. The Morgan fingerprint density at radius 2 is 1.90 bits per heavy atom. The first-order valence-electron chi connectivity index (χ1n) is 7.10. The lowest BCUT2D eigenvalue weighted by molar-refractivity contribution is -0.164. The monoisotopic (exact) mass is 284 g/mol. The fraction of sp³-hybridized carbons (Fsp3) is 0.857. The van der Waals surface area contributed by atoms with E-state index in [1.54, 1.807) is 9.80 Å².